The van der Waals surface area contributed by atoms with E-state index >= 15 is 0 Å². The van der Waals surface area contributed by atoms with Crippen LogP contribution in [0, 0.1) is 0 Å². The lowest BCUT2D eigenvalue weighted by atomic mass is 9.94. The summed E-state index contributed by atoms with van der Waals surface area (Å²) in [6.07, 6.45) is 2.18. The Labute approximate surface area is 186 Å². The molecule has 2 heterocycles. The number of nitrogens with two attached hydrogens (primary N) is 1. The zero-order valence-corrected chi connectivity index (χ0v) is 19.7. The van der Waals surface area contributed by atoms with Gasteiger partial charge in [-0.15, -0.1) is 24.0 Å². The number of aliphatic imine (C=N–C) groups is 1. The van der Waals surface area contributed by atoms with E-state index in [1.165, 1.54) is 11.1 Å². The first-order valence-electron chi connectivity index (χ1n) is 10.2. The molecule has 0 aromatic heterocycles. The quantitative estimate of drug-likeness (QED) is 0.259. The van der Waals surface area contributed by atoms with Crippen molar-refractivity contribution in [2.45, 2.75) is 38.8 Å². The fourth-order valence-corrected chi connectivity index (χ4v) is 3.79. The van der Waals surface area contributed by atoms with Gasteiger partial charge in [0.2, 0.25) is 0 Å². The average Bonchev–Trinajstić information content (AvgIpc) is 2.70. The van der Waals surface area contributed by atoms with E-state index < -0.39 is 0 Å². The van der Waals surface area contributed by atoms with Crippen LogP contribution in [0.1, 0.15) is 31.4 Å². The summed E-state index contributed by atoms with van der Waals surface area (Å²) < 4.78 is 5.38. The summed E-state index contributed by atoms with van der Waals surface area (Å²) in [5, 5.41) is 3.26. The third-order valence-corrected chi connectivity index (χ3v) is 5.68. The van der Waals surface area contributed by atoms with Crippen LogP contribution < -0.4 is 11.1 Å². The number of hydrogen-bond acceptors (Lipinski definition) is 4. The molecule has 3 rings (SSSR count). The first-order valence-corrected chi connectivity index (χ1v) is 10.2. The number of ether oxygens (including phenoxy) is 1. The highest BCUT2D eigenvalue weighted by Crippen LogP contribution is 2.25. The van der Waals surface area contributed by atoms with Gasteiger partial charge in [-0.25, -0.2) is 0 Å². The highest BCUT2D eigenvalue weighted by atomic mass is 127. The molecule has 0 unspecified atom stereocenters. The highest BCUT2D eigenvalue weighted by Gasteiger charge is 2.29. The molecule has 6 nitrogen and oxygen atoms in total. The Kier molecular flexibility index (Phi) is 9.46. The molecular weight excluding hydrogens is 465 g/mol. The van der Waals surface area contributed by atoms with E-state index in [0.29, 0.717) is 12.5 Å². The number of rotatable bonds is 7. The maximum atomic E-state index is 6.09. The van der Waals surface area contributed by atoms with E-state index in [1.54, 1.807) is 0 Å². The second-order valence-electron chi connectivity index (χ2n) is 8.19. The van der Waals surface area contributed by atoms with Gasteiger partial charge < -0.3 is 15.8 Å². The van der Waals surface area contributed by atoms with Crippen molar-refractivity contribution in [1.82, 2.24) is 15.1 Å². The van der Waals surface area contributed by atoms with Crippen LogP contribution in [0.4, 0.5) is 0 Å². The lowest BCUT2D eigenvalue weighted by Gasteiger charge is -2.40. The van der Waals surface area contributed by atoms with Crippen LogP contribution in [0.2, 0.25) is 0 Å². The van der Waals surface area contributed by atoms with Crippen molar-refractivity contribution in [1.29, 1.82) is 0 Å². The number of nitrogens with one attached hydrogen (secondary N) is 1. The van der Waals surface area contributed by atoms with Gasteiger partial charge in [0.15, 0.2) is 5.96 Å². The monoisotopic (exact) mass is 501 g/mol. The summed E-state index contributed by atoms with van der Waals surface area (Å²) in [5.41, 5.74) is 9.01. The molecule has 0 spiro atoms. The third-order valence-electron chi connectivity index (χ3n) is 5.68. The van der Waals surface area contributed by atoms with Crippen LogP contribution in [-0.4, -0.2) is 73.8 Å². The average molecular weight is 501 g/mol. The zero-order chi connectivity index (χ0) is 19.1. The van der Waals surface area contributed by atoms with E-state index in [-0.39, 0.29) is 29.5 Å². The summed E-state index contributed by atoms with van der Waals surface area (Å²) in [6.45, 7) is 13.0. The molecular formula is C21H36IN5O. The molecule has 0 saturated carbocycles. The van der Waals surface area contributed by atoms with Gasteiger partial charge in [0.1, 0.15) is 0 Å². The number of hydrogen-bond donors (Lipinski definition) is 2. The minimum Gasteiger partial charge on any atom is -0.379 e. The van der Waals surface area contributed by atoms with Crippen molar-refractivity contribution in [2.24, 2.45) is 10.7 Å². The molecule has 1 aromatic rings. The van der Waals surface area contributed by atoms with E-state index in [2.05, 4.69) is 58.2 Å². The normalized spacial score (nSPS) is 19.0. The molecule has 1 aromatic carbocycles. The first-order chi connectivity index (χ1) is 13.0. The zero-order valence-electron chi connectivity index (χ0n) is 17.3. The molecule has 0 aliphatic carbocycles. The second kappa shape index (κ2) is 11.3. The van der Waals surface area contributed by atoms with E-state index in [1.807, 2.05) is 0 Å². The Morgan fingerprint density at radius 1 is 1.18 bits per heavy atom. The van der Waals surface area contributed by atoms with Crippen molar-refractivity contribution in [3.63, 3.8) is 0 Å². The van der Waals surface area contributed by atoms with Crippen LogP contribution >= 0.6 is 24.0 Å². The number of halogens is 1. The molecule has 0 amide bonds. The van der Waals surface area contributed by atoms with Crippen LogP contribution in [0.15, 0.2) is 29.3 Å². The van der Waals surface area contributed by atoms with Crippen LogP contribution in [0.3, 0.4) is 0 Å². The Balaban J connectivity index is 0.00000280. The van der Waals surface area contributed by atoms with Crippen molar-refractivity contribution in [2.75, 3.05) is 52.5 Å². The van der Waals surface area contributed by atoms with Crippen LogP contribution in [-0.2, 0) is 17.7 Å². The standard InChI is InChI=1S/C21H35N5O.HI/c1-21(2,26-11-8-18-6-3-4-7-19(18)16-26)17-24-20(22)23-9-5-10-25-12-14-27-15-13-25;/h3-4,6-7H,5,8-17H2,1-2H3,(H3,22,23,24);1H. The molecule has 158 valence electrons. The van der Waals surface area contributed by atoms with E-state index in [0.717, 1.165) is 65.3 Å². The maximum absolute atomic E-state index is 6.09. The van der Waals surface area contributed by atoms with Gasteiger partial charge in [-0.2, -0.15) is 0 Å². The fraction of sp³-hybridized carbons (Fsp3) is 0.667. The van der Waals surface area contributed by atoms with Crippen molar-refractivity contribution < 1.29 is 4.74 Å². The van der Waals surface area contributed by atoms with Crippen molar-refractivity contribution in [3.05, 3.63) is 35.4 Å². The lowest BCUT2D eigenvalue weighted by molar-refractivity contribution is 0.0376. The second-order valence-corrected chi connectivity index (χ2v) is 8.19. The molecule has 7 heteroatoms. The minimum atomic E-state index is -0.00632. The summed E-state index contributed by atoms with van der Waals surface area (Å²) in [4.78, 5) is 9.58. The summed E-state index contributed by atoms with van der Waals surface area (Å²) in [7, 11) is 0. The topological polar surface area (TPSA) is 66.1 Å². The summed E-state index contributed by atoms with van der Waals surface area (Å²) in [6, 6.07) is 8.75. The fourth-order valence-electron chi connectivity index (χ4n) is 3.79. The molecule has 1 saturated heterocycles. The SMILES string of the molecule is CC(C)(CN=C(N)NCCCN1CCOCC1)N1CCc2ccccc2C1.I. The first kappa shape index (κ1) is 23.4. The number of morpholine rings is 1. The minimum absolute atomic E-state index is 0. The van der Waals surface area contributed by atoms with Crippen LogP contribution in [0.25, 0.3) is 0 Å². The number of benzene rings is 1. The number of fused-ring (bicyclic) bond motifs is 1. The highest BCUT2D eigenvalue weighted by molar-refractivity contribution is 14.0. The Bertz CT molecular complexity index is 631. The van der Waals surface area contributed by atoms with Gasteiger partial charge in [0.25, 0.3) is 0 Å². The third kappa shape index (κ3) is 6.86. The number of guanidine groups is 1. The van der Waals surface area contributed by atoms with E-state index in [4.69, 9.17) is 10.5 Å². The van der Waals surface area contributed by atoms with Crippen molar-refractivity contribution >= 4 is 29.9 Å². The van der Waals surface area contributed by atoms with Gasteiger partial charge in [0.05, 0.1) is 19.8 Å². The van der Waals surface area contributed by atoms with Gasteiger partial charge in [-0.05, 0) is 44.4 Å². The van der Waals surface area contributed by atoms with E-state index in [9.17, 15) is 0 Å². The molecule has 3 N–H and O–H groups in total. The number of nitrogens with zero attached hydrogens (tertiary/aromatic N) is 3. The summed E-state index contributed by atoms with van der Waals surface area (Å²) in [5.74, 6) is 0.558. The van der Waals surface area contributed by atoms with Gasteiger partial charge >= 0.3 is 0 Å². The smallest absolute Gasteiger partial charge is 0.188 e. The predicted octanol–water partition coefficient (Wildman–Crippen LogP) is 2.07. The Morgan fingerprint density at radius 3 is 2.64 bits per heavy atom. The molecule has 1 fully saturated rings. The summed E-state index contributed by atoms with van der Waals surface area (Å²) >= 11 is 0. The molecule has 0 radical (unpaired) electrons. The Hall–Kier alpha value is -0.900. The predicted molar refractivity (Wildman–Crippen MR) is 126 cm³/mol. The molecule has 2 aliphatic rings. The van der Waals surface area contributed by atoms with Gasteiger partial charge in [-0.3, -0.25) is 14.8 Å². The largest absolute Gasteiger partial charge is 0.379 e. The lowest BCUT2D eigenvalue weighted by Crippen LogP contribution is -2.49. The van der Waals surface area contributed by atoms with Gasteiger partial charge in [0, 0.05) is 38.3 Å². The molecule has 2 aliphatic heterocycles. The van der Waals surface area contributed by atoms with Gasteiger partial charge in [-0.1, -0.05) is 24.3 Å². The Morgan fingerprint density at radius 2 is 1.89 bits per heavy atom. The molecule has 0 atom stereocenters. The van der Waals surface area contributed by atoms with Crippen LogP contribution in [0.5, 0.6) is 0 Å². The van der Waals surface area contributed by atoms with Crippen molar-refractivity contribution in [3.8, 4) is 0 Å². The molecule has 0 bridgehead atoms. The maximum Gasteiger partial charge on any atom is 0.188 e. The molecule has 28 heavy (non-hydrogen) atoms.